The average Bonchev–Trinajstić information content (AvgIpc) is 2.33. The zero-order valence-corrected chi connectivity index (χ0v) is 9.71. The molecule has 0 bridgehead atoms. The molecule has 0 heterocycles. The lowest BCUT2D eigenvalue weighted by atomic mass is 10.1. The van der Waals surface area contributed by atoms with Gasteiger partial charge in [0.1, 0.15) is 11.6 Å². The highest BCUT2D eigenvalue weighted by atomic mass is 19.1. The van der Waals surface area contributed by atoms with Crippen molar-refractivity contribution in [3.05, 3.63) is 65.2 Å². The molecule has 0 aliphatic heterocycles. The van der Waals surface area contributed by atoms with E-state index < -0.39 is 5.82 Å². The Balaban J connectivity index is 2.18. The van der Waals surface area contributed by atoms with Gasteiger partial charge in [0.2, 0.25) is 0 Å². The minimum absolute atomic E-state index is 0.347. The van der Waals surface area contributed by atoms with Gasteiger partial charge in [-0.2, -0.15) is 0 Å². The van der Waals surface area contributed by atoms with Crippen LogP contribution in [0.25, 0.3) is 0 Å². The standard InChI is InChI=1S/C14H11F2NO/c1-9-8-12(16)6-7-13(9)17-14(18)10-2-4-11(15)5-3-10/h2-8H,1H3,(H,17,18). The maximum absolute atomic E-state index is 12.9. The Morgan fingerprint density at radius 1 is 1.00 bits per heavy atom. The highest BCUT2D eigenvalue weighted by molar-refractivity contribution is 6.04. The number of carbonyl (C=O) groups excluding carboxylic acids is 1. The van der Waals surface area contributed by atoms with Crippen molar-refractivity contribution >= 4 is 11.6 Å². The van der Waals surface area contributed by atoms with Crippen LogP contribution in [0.2, 0.25) is 0 Å². The first-order valence-electron chi connectivity index (χ1n) is 5.39. The quantitative estimate of drug-likeness (QED) is 0.864. The van der Waals surface area contributed by atoms with E-state index in [0.29, 0.717) is 16.8 Å². The Morgan fingerprint density at radius 2 is 1.61 bits per heavy atom. The minimum atomic E-state index is -0.399. The second-order valence-electron chi connectivity index (χ2n) is 3.92. The topological polar surface area (TPSA) is 29.1 Å². The number of halogens is 2. The normalized spacial score (nSPS) is 10.2. The van der Waals surface area contributed by atoms with E-state index in [2.05, 4.69) is 5.32 Å². The fourth-order valence-electron chi connectivity index (χ4n) is 1.56. The maximum atomic E-state index is 12.9. The summed E-state index contributed by atoms with van der Waals surface area (Å²) in [5.74, 6) is -1.11. The highest BCUT2D eigenvalue weighted by Gasteiger charge is 2.08. The van der Waals surface area contributed by atoms with Gasteiger partial charge in [-0.3, -0.25) is 4.79 Å². The summed E-state index contributed by atoms with van der Waals surface area (Å²) in [4.78, 5) is 11.8. The third-order valence-electron chi connectivity index (χ3n) is 2.54. The van der Waals surface area contributed by atoms with Crippen LogP contribution in [0.5, 0.6) is 0 Å². The van der Waals surface area contributed by atoms with Crippen molar-refractivity contribution < 1.29 is 13.6 Å². The summed E-state index contributed by atoms with van der Waals surface area (Å²) < 4.78 is 25.6. The van der Waals surface area contributed by atoms with Crippen molar-refractivity contribution in [1.29, 1.82) is 0 Å². The Morgan fingerprint density at radius 3 is 2.22 bits per heavy atom. The lowest BCUT2D eigenvalue weighted by Gasteiger charge is -2.08. The van der Waals surface area contributed by atoms with E-state index in [1.165, 1.54) is 42.5 Å². The molecule has 0 aromatic heterocycles. The third kappa shape index (κ3) is 2.71. The predicted octanol–water partition coefficient (Wildman–Crippen LogP) is 3.53. The molecule has 0 radical (unpaired) electrons. The molecule has 0 saturated heterocycles. The van der Waals surface area contributed by atoms with Crippen molar-refractivity contribution in [2.24, 2.45) is 0 Å². The van der Waals surface area contributed by atoms with Gasteiger partial charge >= 0.3 is 0 Å². The zero-order valence-electron chi connectivity index (χ0n) is 9.71. The summed E-state index contributed by atoms with van der Waals surface area (Å²) in [5, 5.41) is 2.65. The molecule has 1 amide bonds. The number of aryl methyl sites for hydroxylation is 1. The largest absolute Gasteiger partial charge is 0.322 e. The lowest BCUT2D eigenvalue weighted by Crippen LogP contribution is -2.12. The number of benzene rings is 2. The van der Waals surface area contributed by atoms with Gasteiger partial charge in [0.15, 0.2) is 0 Å². The molecule has 4 heteroatoms. The number of carbonyl (C=O) groups is 1. The molecule has 0 fully saturated rings. The highest BCUT2D eigenvalue weighted by Crippen LogP contribution is 2.16. The van der Waals surface area contributed by atoms with Gasteiger partial charge in [-0.25, -0.2) is 8.78 Å². The van der Waals surface area contributed by atoms with Crippen LogP contribution in [0.3, 0.4) is 0 Å². The van der Waals surface area contributed by atoms with Crippen LogP contribution in [0.1, 0.15) is 15.9 Å². The summed E-state index contributed by atoms with van der Waals surface area (Å²) in [7, 11) is 0. The van der Waals surface area contributed by atoms with E-state index in [9.17, 15) is 13.6 Å². The molecule has 0 aliphatic rings. The van der Waals surface area contributed by atoms with E-state index in [4.69, 9.17) is 0 Å². The van der Waals surface area contributed by atoms with Crippen LogP contribution in [-0.4, -0.2) is 5.91 Å². The summed E-state index contributed by atoms with van der Waals surface area (Å²) in [6, 6.07) is 9.31. The maximum Gasteiger partial charge on any atom is 0.255 e. The van der Waals surface area contributed by atoms with Crippen LogP contribution in [-0.2, 0) is 0 Å². The molecule has 0 saturated carbocycles. The molecule has 0 aliphatic carbocycles. The van der Waals surface area contributed by atoms with Gasteiger partial charge in [-0.05, 0) is 55.0 Å². The fraction of sp³-hybridized carbons (Fsp3) is 0.0714. The number of anilines is 1. The SMILES string of the molecule is Cc1cc(F)ccc1NC(=O)c1ccc(F)cc1. The second kappa shape index (κ2) is 4.96. The Labute approximate surface area is 103 Å². The summed E-state index contributed by atoms with van der Waals surface area (Å²) in [5.41, 5.74) is 1.51. The summed E-state index contributed by atoms with van der Waals surface area (Å²) in [6.07, 6.45) is 0. The van der Waals surface area contributed by atoms with Crippen LogP contribution in [0.15, 0.2) is 42.5 Å². The molecule has 92 valence electrons. The first-order chi connectivity index (χ1) is 8.56. The molecule has 0 atom stereocenters. The minimum Gasteiger partial charge on any atom is -0.322 e. The van der Waals surface area contributed by atoms with Crippen LogP contribution in [0, 0.1) is 18.6 Å². The number of rotatable bonds is 2. The van der Waals surface area contributed by atoms with Crippen molar-refractivity contribution in [2.45, 2.75) is 6.92 Å². The van der Waals surface area contributed by atoms with E-state index >= 15 is 0 Å². The van der Waals surface area contributed by atoms with Crippen LogP contribution in [0.4, 0.5) is 14.5 Å². The molecule has 1 N–H and O–H groups in total. The van der Waals surface area contributed by atoms with Gasteiger partial charge in [0.05, 0.1) is 0 Å². The smallest absolute Gasteiger partial charge is 0.255 e. The second-order valence-corrected chi connectivity index (χ2v) is 3.92. The average molecular weight is 247 g/mol. The van der Waals surface area contributed by atoms with Gasteiger partial charge in [-0.1, -0.05) is 0 Å². The summed E-state index contributed by atoms with van der Waals surface area (Å²) >= 11 is 0. The monoisotopic (exact) mass is 247 g/mol. The first-order valence-corrected chi connectivity index (χ1v) is 5.39. The molecule has 0 unspecified atom stereocenters. The molecular formula is C14H11F2NO. The zero-order chi connectivity index (χ0) is 13.1. The Kier molecular flexibility index (Phi) is 3.37. The van der Waals surface area contributed by atoms with Crippen molar-refractivity contribution in [3.8, 4) is 0 Å². The van der Waals surface area contributed by atoms with E-state index in [-0.39, 0.29) is 11.7 Å². The van der Waals surface area contributed by atoms with Gasteiger partial charge in [0.25, 0.3) is 5.91 Å². The van der Waals surface area contributed by atoms with Crippen molar-refractivity contribution in [3.63, 3.8) is 0 Å². The molecule has 0 spiro atoms. The Bertz CT molecular complexity index is 579. The predicted molar refractivity (Wildman–Crippen MR) is 65.5 cm³/mol. The van der Waals surface area contributed by atoms with Gasteiger partial charge < -0.3 is 5.32 Å². The molecule has 18 heavy (non-hydrogen) atoms. The summed E-state index contributed by atoms with van der Waals surface area (Å²) in [6.45, 7) is 1.70. The van der Waals surface area contributed by atoms with E-state index in [1.807, 2.05) is 0 Å². The van der Waals surface area contributed by atoms with Crippen LogP contribution >= 0.6 is 0 Å². The number of hydrogen-bond acceptors (Lipinski definition) is 1. The molecule has 2 aromatic carbocycles. The van der Waals surface area contributed by atoms with Crippen molar-refractivity contribution in [2.75, 3.05) is 5.32 Å². The fourth-order valence-corrected chi connectivity index (χ4v) is 1.56. The third-order valence-corrected chi connectivity index (χ3v) is 2.54. The van der Waals surface area contributed by atoms with E-state index in [0.717, 1.165) is 0 Å². The number of hydrogen-bond donors (Lipinski definition) is 1. The van der Waals surface area contributed by atoms with E-state index in [1.54, 1.807) is 6.92 Å². The first kappa shape index (κ1) is 12.2. The van der Waals surface area contributed by atoms with Gasteiger partial charge in [-0.15, -0.1) is 0 Å². The molecule has 2 rings (SSSR count). The van der Waals surface area contributed by atoms with Gasteiger partial charge in [0, 0.05) is 11.3 Å². The number of amides is 1. The van der Waals surface area contributed by atoms with Crippen molar-refractivity contribution in [1.82, 2.24) is 0 Å². The Hall–Kier alpha value is -2.23. The number of nitrogens with one attached hydrogen (secondary N) is 1. The molecule has 2 nitrogen and oxygen atoms in total. The van der Waals surface area contributed by atoms with Crippen LogP contribution < -0.4 is 5.32 Å². The lowest BCUT2D eigenvalue weighted by molar-refractivity contribution is 0.102. The molecular weight excluding hydrogens is 236 g/mol. The molecule has 2 aromatic rings.